The van der Waals surface area contributed by atoms with E-state index in [2.05, 4.69) is 10.5 Å². The smallest absolute Gasteiger partial charge is 0.246 e. The van der Waals surface area contributed by atoms with Gasteiger partial charge in [0.1, 0.15) is 11.6 Å². The Morgan fingerprint density at radius 2 is 2.14 bits per heavy atom. The van der Waals surface area contributed by atoms with Gasteiger partial charge in [-0.1, -0.05) is 0 Å². The van der Waals surface area contributed by atoms with Crippen LogP contribution < -0.4 is 5.43 Å². The molecule has 1 N–H and O–H groups in total. The van der Waals surface area contributed by atoms with Crippen LogP contribution in [-0.4, -0.2) is 11.6 Å². The van der Waals surface area contributed by atoms with Crippen molar-refractivity contribution in [2.75, 3.05) is 0 Å². The van der Waals surface area contributed by atoms with E-state index in [1.807, 2.05) is 0 Å². The summed E-state index contributed by atoms with van der Waals surface area (Å²) in [6.45, 7) is 0. The van der Waals surface area contributed by atoms with Crippen LogP contribution in [-0.2, 0) is 4.79 Å². The molecule has 0 unspecified atom stereocenters. The molecule has 1 heterocycles. The maximum absolute atomic E-state index is 13.2. The maximum Gasteiger partial charge on any atom is 0.246 e. The normalized spacial score (nSPS) is 15.3. The lowest BCUT2D eigenvalue weighted by atomic mass is 10.1. The SMILES string of the molecule is O=C1CC(c2ccc(F)cc2F)=NN1. The number of rotatable bonds is 1. The summed E-state index contributed by atoms with van der Waals surface area (Å²) in [6, 6.07) is 3.16. The first-order valence-electron chi connectivity index (χ1n) is 3.97. The quantitative estimate of drug-likeness (QED) is 0.720. The maximum atomic E-state index is 13.2. The molecule has 1 aromatic carbocycles. The molecule has 1 aromatic rings. The molecular weight excluding hydrogens is 190 g/mol. The van der Waals surface area contributed by atoms with Gasteiger partial charge in [0, 0.05) is 11.6 Å². The van der Waals surface area contributed by atoms with Gasteiger partial charge < -0.3 is 0 Å². The molecule has 0 aliphatic carbocycles. The summed E-state index contributed by atoms with van der Waals surface area (Å²) in [4.78, 5) is 10.8. The number of nitrogens with one attached hydrogen (secondary N) is 1. The van der Waals surface area contributed by atoms with Gasteiger partial charge in [0.15, 0.2) is 0 Å². The second kappa shape index (κ2) is 3.17. The fourth-order valence-corrected chi connectivity index (χ4v) is 1.24. The Labute approximate surface area is 78.4 Å². The zero-order chi connectivity index (χ0) is 10.1. The molecule has 0 bridgehead atoms. The van der Waals surface area contributed by atoms with Crippen molar-refractivity contribution >= 4 is 11.6 Å². The van der Waals surface area contributed by atoms with Crippen molar-refractivity contribution in [2.24, 2.45) is 5.10 Å². The number of carbonyl (C=O) groups is 1. The first kappa shape index (κ1) is 8.80. The average Bonchev–Trinajstić information content (AvgIpc) is 2.51. The van der Waals surface area contributed by atoms with Crippen LogP contribution in [0.1, 0.15) is 12.0 Å². The van der Waals surface area contributed by atoms with Crippen molar-refractivity contribution in [1.29, 1.82) is 0 Å². The van der Waals surface area contributed by atoms with Crippen molar-refractivity contribution in [3.63, 3.8) is 0 Å². The van der Waals surface area contributed by atoms with Crippen molar-refractivity contribution in [1.82, 2.24) is 5.43 Å². The van der Waals surface area contributed by atoms with Gasteiger partial charge in [-0.05, 0) is 12.1 Å². The number of benzene rings is 1. The van der Waals surface area contributed by atoms with Gasteiger partial charge in [0.05, 0.1) is 12.1 Å². The second-order valence-corrected chi connectivity index (χ2v) is 2.89. The number of amides is 1. The molecule has 0 saturated heterocycles. The lowest BCUT2D eigenvalue weighted by molar-refractivity contribution is -0.119. The van der Waals surface area contributed by atoms with Gasteiger partial charge in [-0.2, -0.15) is 5.10 Å². The Balaban J connectivity index is 2.38. The lowest BCUT2D eigenvalue weighted by Crippen LogP contribution is -2.09. The molecular formula is C9H6F2N2O. The third-order valence-electron chi connectivity index (χ3n) is 1.89. The highest BCUT2D eigenvalue weighted by molar-refractivity contribution is 6.13. The van der Waals surface area contributed by atoms with E-state index in [-0.39, 0.29) is 17.9 Å². The number of hydrogen-bond donors (Lipinski definition) is 1. The van der Waals surface area contributed by atoms with Crippen LogP contribution in [0.15, 0.2) is 23.3 Å². The molecule has 2 rings (SSSR count). The van der Waals surface area contributed by atoms with E-state index in [9.17, 15) is 13.6 Å². The topological polar surface area (TPSA) is 41.5 Å². The van der Waals surface area contributed by atoms with Crippen LogP contribution in [0, 0.1) is 11.6 Å². The predicted octanol–water partition coefficient (Wildman–Crippen LogP) is 1.19. The Kier molecular flexibility index (Phi) is 1.99. The van der Waals surface area contributed by atoms with Crippen LogP contribution in [0.4, 0.5) is 8.78 Å². The fraction of sp³-hybridized carbons (Fsp3) is 0.111. The van der Waals surface area contributed by atoms with Gasteiger partial charge in [0.25, 0.3) is 0 Å². The average molecular weight is 196 g/mol. The van der Waals surface area contributed by atoms with E-state index in [4.69, 9.17) is 0 Å². The summed E-state index contributed by atoms with van der Waals surface area (Å²) in [5.74, 6) is -1.65. The molecule has 0 radical (unpaired) electrons. The molecule has 1 aliphatic heterocycles. The largest absolute Gasteiger partial charge is 0.273 e. The van der Waals surface area contributed by atoms with E-state index in [0.29, 0.717) is 5.71 Å². The molecule has 0 spiro atoms. The predicted molar refractivity (Wildman–Crippen MR) is 45.7 cm³/mol. The third-order valence-corrected chi connectivity index (χ3v) is 1.89. The number of carbonyl (C=O) groups excluding carboxylic acids is 1. The van der Waals surface area contributed by atoms with Crippen LogP contribution >= 0.6 is 0 Å². The summed E-state index contributed by atoms with van der Waals surface area (Å²) in [5.41, 5.74) is 2.65. The number of nitrogens with zero attached hydrogens (tertiary/aromatic N) is 1. The van der Waals surface area contributed by atoms with Crippen LogP contribution in [0.25, 0.3) is 0 Å². The number of hydrazone groups is 1. The molecule has 0 saturated carbocycles. The molecule has 1 aliphatic rings. The fourth-order valence-electron chi connectivity index (χ4n) is 1.24. The van der Waals surface area contributed by atoms with Crippen molar-refractivity contribution in [2.45, 2.75) is 6.42 Å². The van der Waals surface area contributed by atoms with E-state index < -0.39 is 11.6 Å². The Bertz CT molecular complexity index is 429. The minimum absolute atomic E-state index is 0.0303. The van der Waals surface area contributed by atoms with Gasteiger partial charge in [-0.25, -0.2) is 14.2 Å². The Hall–Kier alpha value is -1.78. The van der Waals surface area contributed by atoms with Crippen LogP contribution in [0.5, 0.6) is 0 Å². The van der Waals surface area contributed by atoms with Gasteiger partial charge in [-0.3, -0.25) is 4.79 Å². The molecule has 1 amide bonds. The zero-order valence-corrected chi connectivity index (χ0v) is 7.05. The van der Waals surface area contributed by atoms with Crippen LogP contribution in [0.2, 0.25) is 0 Å². The second-order valence-electron chi connectivity index (χ2n) is 2.89. The third kappa shape index (κ3) is 1.48. The highest BCUT2D eigenvalue weighted by Gasteiger charge is 2.19. The van der Waals surface area contributed by atoms with Gasteiger partial charge in [-0.15, -0.1) is 0 Å². The molecule has 3 nitrogen and oxygen atoms in total. The molecule has 0 fully saturated rings. The van der Waals surface area contributed by atoms with E-state index in [0.717, 1.165) is 12.1 Å². The zero-order valence-electron chi connectivity index (χ0n) is 7.05. The van der Waals surface area contributed by atoms with E-state index >= 15 is 0 Å². The summed E-state index contributed by atoms with van der Waals surface area (Å²) in [6.07, 6.45) is 0.0303. The first-order chi connectivity index (χ1) is 6.66. The lowest BCUT2D eigenvalue weighted by Gasteiger charge is -1.99. The van der Waals surface area contributed by atoms with Gasteiger partial charge in [0.2, 0.25) is 5.91 Å². The number of halogens is 2. The Morgan fingerprint density at radius 1 is 1.36 bits per heavy atom. The minimum Gasteiger partial charge on any atom is -0.273 e. The van der Waals surface area contributed by atoms with E-state index in [1.165, 1.54) is 6.07 Å². The van der Waals surface area contributed by atoms with Crippen molar-refractivity contribution < 1.29 is 13.6 Å². The summed E-state index contributed by atoms with van der Waals surface area (Å²) in [5, 5.41) is 3.63. The molecule has 5 heteroatoms. The highest BCUT2D eigenvalue weighted by Crippen LogP contribution is 2.14. The van der Waals surface area contributed by atoms with Crippen LogP contribution in [0.3, 0.4) is 0 Å². The molecule has 14 heavy (non-hydrogen) atoms. The minimum atomic E-state index is -0.708. The highest BCUT2D eigenvalue weighted by atomic mass is 19.1. The van der Waals surface area contributed by atoms with Crippen molar-refractivity contribution in [3.05, 3.63) is 35.4 Å². The van der Waals surface area contributed by atoms with E-state index in [1.54, 1.807) is 0 Å². The molecule has 0 aromatic heterocycles. The van der Waals surface area contributed by atoms with Gasteiger partial charge >= 0.3 is 0 Å². The number of hydrogen-bond acceptors (Lipinski definition) is 2. The standard InChI is InChI=1S/C9H6F2N2O/c10-5-1-2-6(7(11)3-5)8-4-9(14)13-12-8/h1-3H,4H2,(H,13,14). The summed E-state index contributed by atoms with van der Waals surface area (Å²) >= 11 is 0. The summed E-state index contributed by atoms with van der Waals surface area (Å²) < 4.78 is 25.7. The first-order valence-corrected chi connectivity index (χ1v) is 3.97. The van der Waals surface area contributed by atoms with Crippen molar-refractivity contribution in [3.8, 4) is 0 Å². The molecule has 0 atom stereocenters. The molecule has 72 valence electrons. The Morgan fingerprint density at radius 3 is 2.71 bits per heavy atom. The summed E-state index contributed by atoms with van der Waals surface area (Å²) in [7, 11) is 0. The monoisotopic (exact) mass is 196 g/mol.